The number of para-hydroxylation sites is 1. The molecular formula is C18H16N2O2S. The number of aryl methyl sites for hydroxylation is 1. The largest absolute Gasteiger partial charge is 0.497 e. The molecule has 1 fully saturated rings. The standard InChI is InChI=1S/C18H16N2O2S/c1-12-6-3-4-9-15(12)19-18-20-17(21)16(23-18)11-13-7-5-8-14(10-13)22-2/h3-11H,1-2H3,(H,19,20,21)/b16-11-. The third-order valence-corrected chi connectivity index (χ3v) is 4.29. The molecular weight excluding hydrogens is 308 g/mol. The molecule has 3 rings (SSSR count). The minimum atomic E-state index is -0.134. The summed E-state index contributed by atoms with van der Waals surface area (Å²) in [5, 5.41) is 3.40. The summed E-state index contributed by atoms with van der Waals surface area (Å²) >= 11 is 1.34. The van der Waals surface area contributed by atoms with E-state index in [-0.39, 0.29) is 5.91 Å². The lowest BCUT2D eigenvalue weighted by Crippen LogP contribution is -2.19. The number of amides is 1. The van der Waals surface area contributed by atoms with E-state index in [1.54, 1.807) is 7.11 Å². The summed E-state index contributed by atoms with van der Waals surface area (Å²) in [6.07, 6.45) is 1.84. The predicted molar refractivity (Wildman–Crippen MR) is 95.0 cm³/mol. The van der Waals surface area contributed by atoms with Crippen molar-refractivity contribution in [3.05, 3.63) is 64.6 Å². The highest BCUT2D eigenvalue weighted by atomic mass is 32.2. The summed E-state index contributed by atoms with van der Waals surface area (Å²) in [5.41, 5.74) is 2.84. The maximum absolute atomic E-state index is 12.1. The van der Waals surface area contributed by atoms with Gasteiger partial charge in [-0.05, 0) is 54.1 Å². The highest BCUT2D eigenvalue weighted by molar-refractivity contribution is 8.18. The Morgan fingerprint density at radius 2 is 2.00 bits per heavy atom. The van der Waals surface area contributed by atoms with Crippen LogP contribution in [0.1, 0.15) is 11.1 Å². The predicted octanol–water partition coefficient (Wildman–Crippen LogP) is 3.90. The zero-order valence-corrected chi connectivity index (χ0v) is 13.7. The number of thioether (sulfide) groups is 1. The van der Waals surface area contributed by atoms with Crippen LogP contribution in [-0.2, 0) is 4.79 Å². The molecule has 1 amide bonds. The number of hydrogen-bond acceptors (Lipinski definition) is 4. The molecule has 0 spiro atoms. The Bertz CT molecular complexity index is 812. The molecule has 4 nitrogen and oxygen atoms in total. The van der Waals surface area contributed by atoms with Gasteiger partial charge in [-0.25, -0.2) is 4.99 Å². The molecule has 0 atom stereocenters. The maximum atomic E-state index is 12.1. The highest BCUT2D eigenvalue weighted by Crippen LogP contribution is 2.29. The van der Waals surface area contributed by atoms with Gasteiger partial charge in [0.2, 0.25) is 0 Å². The van der Waals surface area contributed by atoms with E-state index in [1.807, 2.05) is 61.5 Å². The Labute approximate surface area is 139 Å². The molecule has 1 heterocycles. The van der Waals surface area contributed by atoms with Gasteiger partial charge >= 0.3 is 0 Å². The van der Waals surface area contributed by atoms with Crippen LogP contribution in [0, 0.1) is 6.92 Å². The van der Waals surface area contributed by atoms with E-state index >= 15 is 0 Å². The summed E-state index contributed by atoms with van der Waals surface area (Å²) < 4.78 is 5.20. The number of rotatable bonds is 3. The van der Waals surface area contributed by atoms with E-state index in [9.17, 15) is 4.79 Å². The first kappa shape index (κ1) is 15.4. The average Bonchev–Trinajstić information content (AvgIpc) is 2.89. The van der Waals surface area contributed by atoms with Gasteiger partial charge < -0.3 is 10.1 Å². The van der Waals surface area contributed by atoms with Gasteiger partial charge in [0.05, 0.1) is 17.7 Å². The van der Waals surface area contributed by atoms with Crippen LogP contribution in [0.4, 0.5) is 5.69 Å². The van der Waals surface area contributed by atoms with Crippen LogP contribution in [0.2, 0.25) is 0 Å². The summed E-state index contributed by atoms with van der Waals surface area (Å²) in [6, 6.07) is 15.4. The van der Waals surface area contributed by atoms with Gasteiger partial charge in [0.1, 0.15) is 5.75 Å². The zero-order valence-electron chi connectivity index (χ0n) is 12.9. The SMILES string of the molecule is COc1cccc(/C=C2\SC(=Nc3ccccc3C)NC2=O)c1. The van der Waals surface area contributed by atoms with Gasteiger partial charge in [-0.1, -0.05) is 30.3 Å². The van der Waals surface area contributed by atoms with Crippen LogP contribution in [0.3, 0.4) is 0 Å². The normalized spacial score (nSPS) is 17.6. The van der Waals surface area contributed by atoms with E-state index in [0.717, 1.165) is 22.6 Å². The zero-order chi connectivity index (χ0) is 16.2. The van der Waals surface area contributed by atoms with Gasteiger partial charge in [0.25, 0.3) is 5.91 Å². The smallest absolute Gasteiger partial charge is 0.264 e. The van der Waals surface area contributed by atoms with Gasteiger partial charge in [0, 0.05) is 0 Å². The van der Waals surface area contributed by atoms with Crippen molar-refractivity contribution in [2.75, 3.05) is 7.11 Å². The van der Waals surface area contributed by atoms with Crippen LogP contribution in [0.15, 0.2) is 58.4 Å². The molecule has 1 saturated heterocycles. The summed E-state index contributed by atoms with van der Waals surface area (Å²) in [5.74, 6) is 0.627. The van der Waals surface area contributed by atoms with Crippen molar-refractivity contribution in [2.45, 2.75) is 6.92 Å². The number of carbonyl (C=O) groups is 1. The first-order chi connectivity index (χ1) is 11.2. The molecule has 0 aromatic heterocycles. The molecule has 0 radical (unpaired) electrons. The summed E-state index contributed by atoms with van der Waals surface area (Å²) in [6.45, 7) is 1.99. The number of aliphatic imine (C=N–C) groups is 1. The van der Waals surface area contributed by atoms with Crippen LogP contribution >= 0.6 is 11.8 Å². The van der Waals surface area contributed by atoms with Crippen LogP contribution in [-0.4, -0.2) is 18.2 Å². The molecule has 5 heteroatoms. The second-order valence-corrected chi connectivity index (χ2v) is 6.08. The fourth-order valence-electron chi connectivity index (χ4n) is 2.16. The third kappa shape index (κ3) is 3.63. The Morgan fingerprint density at radius 3 is 2.78 bits per heavy atom. The van der Waals surface area contributed by atoms with Crippen molar-refractivity contribution in [3.8, 4) is 5.75 Å². The number of ether oxygens (including phenoxy) is 1. The first-order valence-corrected chi connectivity index (χ1v) is 7.96. The average molecular weight is 324 g/mol. The lowest BCUT2D eigenvalue weighted by molar-refractivity contribution is -0.115. The fourth-order valence-corrected chi connectivity index (χ4v) is 3.00. The van der Waals surface area contributed by atoms with Crippen LogP contribution < -0.4 is 10.1 Å². The van der Waals surface area contributed by atoms with Gasteiger partial charge in [-0.2, -0.15) is 0 Å². The number of nitrogens with zero attached hydrogens (tertiary/aromatic N) is 1. The second-order valence-electron chi connectivity index (χ2n) is 5.04. The van der Waals surface area contributed by atoms with E-state index in [4.69, 9.17) is 4.74 Å². The molecule has 2 aromatic rings. The minimum Gasteiger partial charge on any atom is -0.497 e. The molecule has 0 bridgehead atoms. The fraction of sp³-hybridized carbons (Fsp3) is 0.111. The van der Waals surface area contributed by atoms with Gasteiger partial charge in [-0.3, -0.25) is 4.79 Å². The van der Waals surface area contributed by atoms with E-state index in [2.05, 4.69) is 10.3 Å². The van der Waals surface area contributed by atoms with E-state index in [1.165, 1.54) is 11.8 Å². The highest BCUT2D eigenvalue weighted by Gasteiger charge is 2.23. The Kier molecular flexibility index (Phi) is 4.48. The molecule has 23 heavy (non-hydrogen) atoms. The number of methoxy groups -OCH3 is 1. The van der Waals surface area contributed by atoms with Crippen molar-refractivity contribution in [1.82, 2.24) is 5.32 Å². The Morgan fingerprint density at radius 1 is 1.17 bits per heavy atom. The number of amidine groups is 1. The Balaban J connectivity index is 1.85. The van der Waals surface area contributed by atoms with Crippen molar-refractivity contribution < 1.29 is 9.53 Å². The molecule has 1 N–H and O–H groups in total. The molecule has 0 saturated carbocycles. The number of nitrogens with one attached hydrogen (secondary N) is 1. The van der Waals surface area contributed by atoms with Crippen LogP contribution in [0.25, 0.3) is 6.08 Å². The maximum Gasteiger partial charge on any atom is 0.264 e. The topological polar surface area (TPSA) is 50.7 Å². The van der Waals surface area contributed by atoms with E-state index < -0.39 is 0 Å². The van der Waals surface area contributed by atoms with Gasteiger partial charge in [0.15, 0.2) is 5.17 Å². The van der Waals surface area contributed by atoms with Crippen molar-refractivity contribution in [2.24, 2.45) is 4.99 Å². The number of carbonyl (C=O) groups excluding carboxylic acids is 1. The van der Waals surface area contributed by atoms with Gasteiger partial charge in [-0.15, -0.1) is 0 Å². The monoisotopic (exact) mass is 324 g/mol. The van der Waals surface area contributed by atoms with E-state index in [0.29, 0.717) is 10.1 Å². The van der Waals surface area contributed by atoms with Crippen molar-refractivity contribution >= 4 is 34.6 Å². The molecule has 2 aromatic carbocycles. The third-order valence-electron chi connectivity index (χ3n) is 3.38. The van der Waals surface area contributed by atoms with Crippen LogP contribution in [0.5, 0.6) is 5.75 Å². The minimum absolute atomic E-state index is 0.134. The molecule has 116 valence electrons. The molecule has 0 unspecified atom stereocenters. The van der Waals surface area contributed by atoms with Crippen molar-refractivity contribution in [3.63, 3.8) is 0 Å². The molecule has 1 aliphatic rings. The number of benzene rings is 2. The molecule has 1 aliphatic heterocycles. The molecule has 0 aliphatic carbocycles. The lowest BCUT2D eigenvalue weighted by Gasteiger charge is -2.00. The lowest BCUT2D eigenvalue weighted by atomic mass is 10.2. The van der Waals surface area contributed by atoms with Crippen molar-refractivity contribution in [1.29, 1.82) is 0 Å². The second kappa shape index (κ2) is 6.71. The summed E-state index contributed by atoms with van der Waals surface area (Å²) in [4.78, 5) is 17.2. The Hall–Kier alpha value is -2.53. The first-order valence-electron chi connectivity index (χ1n) is 7.15. The number of hydrogen-bond donors (Lipinski definition) is 1. The summed E-state index contributed by atoms with van der Waals surface area (Å²) in [7, 11) is 1.62. The quantitative estimate of drug-likeness (QED) is 0.871.